The van der Waals surface area contributed by atoms with Gasteiger partial charge < -0.3 is 10.6 Å². The highest BCUT2D eigenvalue weighted by Crippen LogP contribution is 2.21. The van der Waals surface area contributed by atoms with Gasteiger partial charge in [0.05, 0.1) is 17.0 Å². The quantitative estimate of drug-likeness (QED) is 0.477. The Morgan fingerprint density at radius 3 is 2.91 bits per heavy atom. The van der Waals surface area contributed by atoms with Gasteiger partial charge in [0.2, 0.25) is 5.91 Å². The molecule has 120 valence electrons. The lowest BCUT2D eigenvalue weighted by atomic mass is 10.2. The molecular weight excluding hydrogens is 322 g/mol. The average molecular weight is 336 g/mol. The number of halogens is 1. The summed E-state index contributed by atoms with van der Waals surface area (Å²) in [6.45, 7) is 2.56. The summed E-state index contributed by atoms with van der Waals surface area (Å²) in [5.74, 6) is 0.174. The smallest absolute Gasteiger partial charge is 0.287 e. The second kappa shape index (κ2) is 7.50. The molecule has 0 radical (unpaired) electrons. The van der Waals surface area contributed by atoms with Crippen molar-refractivity contribution in [1.82, 2.24) is 9.97 Å². The van der Waals surface area contributed by atoms with Crippen molar-refractivity contribution in [3.8, 4) is 0 Å². The lowest BCUT2D eigenvalue weighted by Gasteiger charge is -2.11. The summed E-state index contributed by atoms with van der Waals surface area (Å²) in [6, 6.07) is 4.64. The van der Waals surface area contributed by atoms with Crippen LogP contribution in [0, 0.1) is 10.1 Å². The molecule has 0 bridgehead atoms. The largest absolute Gasteiger partial charge is 0.369 e. The lowest BCUT2D eigenvalue weighted by molar-refractivity contribution is -0.385. The monoisotopic (exact) mass is 335 g/mol. The summed E-state index contributed by atoms with van der Waals surface area (Å²) < 4.78 is 0. The third-order valence-corrected chi connectivity index (χ3v) is 3.23. The molecule has 0 aliphatic rings. The Morgan fingerprint density at radius 2 is 2.22 bits per heavy atom. The van der Waals surface area contributed by atoms with Gasteiger partial charge in [-0.25, -0.2) is 9.97 Å². The molecule has 23 heavy (non-hydrogen) atoms. The van der Waals surface area contributed by atoms with E-state index in [1.165, 1.54) is 6.07 Å². The van der Waals surface area contributed by atoms with Crippen molar-refractivity contribution in [2.75, 3.05) is 17.2 Å². The van der Waals surface area contributed by atoms with Gasteiger partial charge in [0.15, 0.2) is 0 Å². The van der Waals surface area contributed by atoms with E-state index in [1.54, 1.807) is 18.3 Å². The van der Waals surface area contributed by atoms with Crippen molar-refractivity contribution in [3.05, 3.63) is 51.4 Å². The molecule has 0 spiro atoms. The first-order valence-corrected chi connectivity index (χ1v) is 7.16. The summed E-state index contributed by atoms with van der Waals surface area (Å²) >= 11 is 5.89. The average Bonchev–Trinajstić information content (AvgIpc) is 2.51. The van der Waals surface area contributed by atoms with Crippen LogP contribution in [0.15, 0.2) is 30.6 Å². The number of carbonyl (C=O) groups excluding carboxylic acids is 1. The molecular formula is C14H14ClN5O3. The number of amides is 1. The fourth-order valence-electron chi connectivity index (χ4n) is 1.89. The zero-order chi connectivity index (χ0) is 16.8. The van der Waals surface area contributed by atoms with Gasteiger partial charge in [0, 0.05) is 24.4 Å². The van der Waals surface area contributed by atoms with Gasteiger partial charge in [-0.15, -0.1) is 0 Å². The van der Waals surface area contributed by atoms with Crippen LogP contribution in [-0.4, -0.2) is 27.3 Å². The van der Waals surface area contributed by atoms with E-state index in [0.717, 1.165) is 6.20 Å². The van der Waals surface area contributed by atoms with Crippen LogP contribution in [0.5, 0.6) is 0 Å². The van der Waals surface area contributed by atoms with Gasteiger partial charge in [-0.05, 0) is 19.1 Å². The SMILES string of the molecule is CCNc1ncccc1NC(=O)Cc1cc([N+](=O)[O-])cnc1Cl. The number of nitro groups is 1. The van der Waals surface area contributed by atoms with Crippen LogP contribution in [0.25, 0.3) is 0 Å². The molecule has 0 saturated heterocycles. The molecule has 0 aromatic carbocycles. The molecule has 2 heterocycles. The van der Waals surface area contributed by atoms with Gasteiger partial charge >= 0.3 is 0 Å². The van der Waals surface area contributed by atoms with Crippen molar-refractivity contribution >= 4 is 34.7 Å². The Hall–Kier alpha value is -2.74. The second-order valence-electron chi connectivity index (χ2n) is 4.56. The molecule has 0 aliphatic carbocycles. The predicted octanol–water partition coefficient (Wildman–Crippen LogP) is 2.65. The first-order chi connectivity index (χ1) is 11.0. The van der Waals surface area contributed by atoms with Crippen molar-refractivity contribution in [1.29, 1.82) is 0 Å². The van der Waals surface area contributed by atoms with Crippen LogP contribution in [0.1, 0.15) is 12.5 Å². The predicted molar refractivity (Wildman–Crippen MR) is 86.6 cm³/mol. The van der Waals surface area contributed by atoms with Gasteiger partial charge in [-0.3, -0.25) is 14.9 Å². The molecule has 0 atom stereocenters. The zero-order valence-electron chi connectivity index (χ0n) is 12.2. The molecule has 8 nitrogen and oxygen atoms in total. The Kier molecular flexibility index (Phi) is 5.42. The molecule has 2 N–H and O–H groups in total. The molecule has 2 rings (SSSR count). The van der Waals surface area contributed by atoms with Crippen LogP contribution >= 0.6 is 11.6 Å². The highest BCUT2D eigenvalue weighted by atomic mass is 35.5. The number of nitrogens with one attached hydrogen (secondary N) is 2. The van der Waals surface area contributed by atoms with E-state index < -0.39 is 4.92 Å². The number of rotatable bonds is 6. The first-order valence-electron chi connectivity index (χ1n) is 6.78. The van der Waals surface area contributed by atoms with Crippen molar-refractivity contribution in [2.45, 2.75) is 13.3 Å². The molecule has 0 unspecified atom stereocenters. The molecule has 0 saturated carbocycles. The molecule has 0 aliphatic heterocycles. The first kappa shape index (κ1) is 16.6. The van der Waals surface area contributed by atoms with Gasteiger partial charge in [0.25, 0.3) is 5.69 Å². The van der Waals surface area contributed by atoms with E-state index in [4.69, 9.17) is 11.6 Å². The molecule has 9 heteroatoms. The molecule has 1 amide bonds. The Balaban J connectivity index is 2.14. The number of hydrogen-bond acceptors (Lipinski definition) is 6. The van der Waals surface area contributed by atoms with Gasteiger partial charge in [0.1, 0.15) is 17.2 Å². The standard InChI is InChI=1S/C14H14ClN5O3/c1-2-16-14-11(4-3-5-17-14)19-12(21)7-9-6-10(20(22)23)8-18-13(9)15/h3-6,8H,2,7H2,1H3,(H,16,17)(H,19,21). The summed E-state index contributed by atoms with van der Waals surface area (Å²) in [5, 5.41) is 16.5. The third-order valence-electron chi connectivity index (χ3n) is 2.89. The summed E-state index contributed by atoms with van der Waals surface area (Å²) in [7, 11) is 0. The Labute approximate surface area is 137 Å². The number of hydrogen-bond donors (Lipinski definition) is 2. The minimum Gasteiger partial charge on any atom is -0.369 e. The third kappa shape index (κ3) is 4.36. The van der Waals surface area contributed by atoms with Crippen LogP contribution in [-0.2, 0) is 11.2 Å². The maximum Gasteiger partial charge on any atom is 0.287 e. The fraction of sp³-hybridized carbons (Fsp3) is 0.214. The van der Waals surface area contributed by atoms with Crippen molar-refractivity contribution < 1.29 is 9.72 Å². The lowest BCUT2D eigenvalue weighted by Crippen LogP contribution is -2.17. The van der Waals surface area contributed by atoms with E-state index in [-0.39, 0.29) is 28.7 Å². The number of carbonyl (C=O) groups is 1. The number of nitrogens with zero attached hydrogens (tertiary/aromatic N) is 3. The van der Waals surface area contributed by atoms with Crippen LogP contribution in [0.4, 0.5) is 17.2 Å². The van der Waals surface area contributed by atoms with Gasteiger partial charge in [-0.2, -0.15) is 0 Å². The molecule has 0 fully saturated rings. The minimum absolute atomic E-state index is 0.0591. The van der Waals surface area contributed by atoms with Crippen LogP contribution in [0.3, 0.4) is 0 Å². The van der Waals surface area contributed by atoms with Crippen molar-refractivity contribution in [2.24, 2.45) is 0 Å². The molecule has 2 aromatic heterocycles. The molecule has 2 aromatic rings. The Bertz CT molecular complexity index is 738. The number of aromatic nitrogens is 2. The summed E-state index contributed by atoms with van der Waals surface area (Å²) in [4.78, 5) is 30.2. The highest BCUT2D eigenvalue weighted by molar-refractivity contribution is 6.30. The fourth-order valence-corrected chi connectivity index (χ4v) is 2.06. The summed E-state index contributed by atoms with van der Waals surface area (Å²) in [5.41, 5.74) is 0.591. The summed E-state index contributed by atoms with van der Waals surface area (Å²) in [6.07, 6.45) is 2.52. The van der Waals surface area contributed by atoms with E-state index in [2.05, 4.69) is 20.6 Å². The van der Waals surface area contributed by atoms with Gasteiger partial charge in [-0.1, -0.05) is 11.6 Å². The highest BCUT2D eigenvalue weighted by Gasteiger charge is 2.15. The van der Waals surface area contributed by atoms with Crippen molar-refractivity contribution in [3.63, 3.8) is 0 Å². The maximum atomic E-state index is 12.1. The number of pyridine rings is 2. The van der Waals surface area contributed by atoms with E-state index in [1.807, 2.05) is 6.92 Å². The van der Waals surface area contributed by atoms with Crippen LogP contribution in [0.2, 0.25) is 5.15 Å². The topological polar surface area (TPSA) is 110 Å². The van der Waals surface area contributed by atoms with E-state index in [9.17, 15) is 14.9 Å². The normalized spacial score (nSPS) is 10.2. The number of anilines is 2. The maximum absolute atomic E-state index is 12.1. The Morgan fingerprint density at radius 1 is 1.43 bits per heavy atom. The van der Waals surface area contributed by atoms with E-state index in [0.29, 0.717) is 18.1 Å². The zero-order valence-corrected chi connectivity index (χ0v) is 13.0. The van der Waals surface area contributed by atoms with Crippen LogP contribution < -0.4 is 10.6 Å². The minimum atomic E-state index is -0.588. The van der Waals surface area contributed by atoms with E-state index >= 15 is 0 Å². The second-order valence-corrected chi connectivity index (χ2v) is 4.91.